The first-order chi connectivity index (χ1) is 11.5. The number of pyridine rings is 1. The molecule has 0 bridgehead atoms. The van der Waals surface area contributed by atoms with Crippen molar-refractivity contribution in [3.05, 3.63) is 54.2 Å². The van der Waals surface area contributed by atoms with E-state index in [4.69, 9.17) is 5.11 Å². The Morgan fingerprint density at radius 1 is 1.29 bits per heavy atom. The molecule has 7 nitrogen and oxygen atoms in total. The SMILES string of the molecule is Cn1cc(-c2cc(-c3ccc(F)cc3)cnc2CNC(=O)O)nn1. The van der Waals surface area contributed by atoms with Crippen LogP contribution < -0.4 is 5.32 Å². The lowest BCUT2D eigenvalue weighted by Crippen LogP contribution is -2.21. The van der Waals surface area contributed by atoms with E-state index in [1.165, 1.54) is 12.1 Å². The number of hydrogen-bond acceptors (Lipinski definition) is 4. The van der Waals surface area contributed by atoms with Crippen molar-refractivity contribution in [3.63, 3.8) is 0 Å². The number of amides is 1. The first-order valence-corrected chi connectivity index (χ1v) is 7.11. The summed E-state index contributed by atoms with van der Waals surface area (Å²) in [4.78, 5) is 15.1. The van der Waals surface area contributed by atoms with Gasteiger partial charge in [0.15, 0.2) is 0 Å². The fourth-order valence-electron chi connectivity index (χ4n) is 2.29. The third-order valence-corrected chi connectivity index (χ3v) is 3.43. The molecular formula is C16H14FN5O2. The van der Waals surface area contributed by atoms with E-state index in [2.05, 4.69) is 20.6 Å². The molecule has 0 radical (unpaired) electrons. The lowest BCUT2D eigenvalue weighted by Gasteiger charge is -2.09. The Morgan fingerprint density at radius 3 is 2.67 bits per heavy atom. The second-order valence-electron chi connectivity index (χ2n) is 5.16. The van der Waals surface area contributed by atoms with E-state index in [9.17, 15) is 9.18 Å². The molecule has 2 aromatic heterocycles. The summed E-state index contributed by atoms with van der Waals surface area (Å²) in [6.45, 7) is 0.0466. The third kappa shape index (κ3) is 3.37. The number of aromatic nitrogens is 4. The van der Waals surface area contributed by atoms with E-state index in [-0.39, 0.29) is 12.4 Å². The van der Waals surface area contributed by atoms with E-state index < -0.39 is 6.09 Å². The van der Waals surface area contributed by atoms with Crippen molar-refractivity contribution >= 4 is 6.09 Å². The van der Waals surface area contributed by atoms with Crippen molar-refractivity contribution in [3.8, 4) is 22.4 Å². The van der Waals surface area contributed by atoms with E-state index in [1.54, 1.807) is 36.3 Å². The zero-order chi connectivity index (χ0) is 17.1. The van der Waals surface area contributed by atoms with Gasteiger partial charge in [-0.2, -0.15) is 0 Å². The second-order valence-corrected chi connectivity index (χ2v) is 5.16. The molecule has 8 heteroatoms. The minimum atomic E-state index is -1.13. The zero-order valence-electron chi connectivity index (χ0n) is 12.8. The summed E-state index contributed by atoms with van der Waals surface area (Å²) in [7, 11) is 1.74. The molecule has 2 N–H and O–H groups in total. The van der Waals surface area contributed by atoms with Crippen LogP contribution in [0.25, 0.3) is 22.4 Å². The van der Waals surface area contributed by atoms with Crippen LogP contribution in [0.3, 0.4) is 0 Å². The summed E-state index contributed by atoms with van der Waals surface area (Å²) in [5.74, 6) is -0.317. The Bertz CT molecular complexity index is 876. The van der Waals surface area contributed by atoms with E-state index in [1.807, 2.05) is 6.07 Å². The average Bonchev–Trinajstić information content (AvgIpc) is 3.00. The van der Waals surface area contributed by atoms with E-state index in [0.717, 1.165) is 11.1 Å². The summed E-state index contributed by atoms with van der Waals surface area (Å²) in [5, 5.41) is 19.0. The Kier molecular flexibility index (Phi) is 4.19. The van der Waals surface area contributed by atoms with Crippen LogP contribution in [0.15, 0.2) is 42.7 Å². The molecule has 1 aromatic carbocycles. The van der Waals surface area contributed by atoms with Crippen LogP contribution in [0, 0.1) is 5.82 Å². The van der Waals surface area contributed by atoms with Crippen LogP contribution in [0.2, 0.25) is 0 Å². The maximum absolute atomic E-state index is 13.1. The minimum absolute atomic E-state index is 0.0466. The van der Waals surface area contributed by atoms with Crippen molar-refractivity contribution in [2.75, 3.05) is 0 Å². The summed E-state index contributed by atoms with van der Waals surface area (Å²) in [6, 6.07) is 7.89. The molecule has 0 fully saturated rings. The molecule has 0 saturated heterocycles. The Labute approximate surface area is 136 Å². The maximum Gasteiger partial charge on any atom is 0.404 e. The molecule has 0 aliphatic heterocycles. The van der Waals surface area contributed by atoms with Crippen LogP contribution in [0.5, 0.6) is 0 Å². The van der Waals surface area contributed by atoms with Gasteiger partial charge in [-0.3, -0.25) is 9.67 Å². The van der Waals surface area contributed by atoms with Crippen molar-refractivity contribution in [2.45, 2.75) is 6.54 Å². The molecule has 3 rings (SSSR count). The molecule has 0 atom stereocenters. The quantitative estimate of drug-likeness (QED) is 0.768. The monoisotopic (exact) mass is 327 g/mol. The van der Waals surface area contributed by atoms with Gasteiger partial charge in [0, 0.05) is 24.4 Å². The summed E-state index contributed by atoms with van der Waals surface area (Å²) >= 11 is 0. The molecule has 0 aliphatic carbocycles. The summed E-state index contributed by atoms with van der Waals surface area (Å²) < 4.78 is 14.6. The van der Waals surface area contributed by atoms with Crippen LogP contribution in [-0.2, 0) is 13.6 Å². The molecule has 122 valence electrons. The standard InChI is InChI=1S/C16H14FN5O2/c1-22-9-15(20-21-22)13-6-11(10-2-4-12(17)5-3-10)7-18-14(13)8-19-16(23)24/h2-7,9,19H,8H2,1H3,(H,23,24). The molecule has 1 amide bonds. The highest BCUT2D eigenvalue weighted by Gasteiger charge is 2.13. The number of carbonyl (C=O) groups is 1. The highest BCUT2D eigenvalue weighted by Crippen LogP contribution is 2.27. The fourth-order valence-corrected chi connectivity index (χ4v) is 2.29. The van der Waals surface area contributed by atoms with Gasteiger partial charge in [0.25, 0.3) is 0 Å². The van der Waals surface area contributed by atoms with Gasteiger partial charge in [-0.25, -0.2) is 9.18 Å². The molecule has 0 aliphatic rings. The van der Waals surface area contributed by atoms with E-state index >= 15 is 0 Å². The Morgan fingerprint density at radius 2 is 2.04 bits per heavy atom. The maximum atomic E-state index is 13.1. The van der Waals surface area contributed by atoms with Crippen molar-refractivity contribution < 1.29 is 14.3 Å². The number of hydrogen-bond donors (Lipinski definition) is 2. The molecule has 2 heterocycles. The first kappa shape index (κ1) is 15.6. The highest BCUT2D eigenvalue weighted by atomic mass is 19.1. The molecule has 24 heavy (non-hydrogen) atoms. The van der Waals surface area contributed by atoms with Gasteiger partial charge < -0.3 is 10.4 Å². The smallest absolute Gasteiger partial charge is 0.404 e. The number of aryl methyl sites for hydroxylation is 1. The van der Waals surface area contributed by atoms with Crippen molar-refractivity contribution in [1.82, 2.24) is 25.3 Å². The van der Waals surface area contributed by atoms with Crippen molar-refractivity contribution in [2.24, 2.45) is 7.05 Å². The summed E-state index contributed by atoms with van der Waals surface area (Å²) in [6.07, 6.45) is 2.20. The fraction of sp³-hybridized carbons (Fsp3) is 0.125. The largest absolute Gasteiger partial charge is 0.465 e. The van der Waals surface area contributed by atoms with Crippen LogP contribution >= 0.6 is 0 Å². The number of benzene rings is 1. The number of halogens is 1. The first-order valence-electron chi connectivity index (χ1n) is 7.11. The Balaban J connectivity index is 2.04. The van der Waals surface area contributed by atoms with Gasteiger partial charge >= 0.3 is 6.09 Å². The number of nitrogens with zero attached hydrogens (tertiary/aromatic N) is 4. The second kappa shape index (κ2) is 6.45. The van der Waals surface area contributed by atoms with E-state index in [0.29, 0.717) is 17.0 Å². The van der Waals surface area contributed by atoms with Gasteiger partial charge in [0.05, 0.1) is 18.4 Å². The highest BCUT2D eigenvalue weighted by molar-refractivity contribution is 5.72. The zero-order valence-corrected chi connectivity index (χ0v) is 12.8. The van der Waals surface area contributed by atoms with Crippen LogP contribution in [0.4, 0.5) is 9.18 Å². The number of rotatable bonds is 4. The average molecular weight is 327 g/mol. The topological polar surface area (TPSA) is 92.9 Å². The minimum Gasteiger partial charge on any atom is -0.465 e. The molecule has 0 saturated carbocycles. The van der Waals surface area contributed by atoms with Gasteiger partial charge in [0.1, 0.15) is 11.5 Å². The van der Waals surface area contributed by atoms with Gasteiger partial charge in [-0.1, -0.05) is 17.3 Å². The molecule has 3 aromatic rings. The predicted octanol–water partition coefficient (Wildman–Crippen LogP) is 2.45. The lowest BCUT2D eigenvalue weighted by atomic mass is 10.0. The van der Waals surface area contributed by atoms with Gasteiger partial charge in [-0.15, -0.1) is 5.10 Å². The Hall–Kier alpha value is -3.29. The predicted molar refractivity (Wildman–Crippen MR) is 84.5 cm³/mol. The van der Waals surface area contributed by atoms with Gasteiger partial charge in [0.2, 0.25) is 0 Å². The van der Waals surface area contributed by atoms with Gasteiger partial charge in [-0.05, 0) is 23.8 Å². The molecular weight excluding hydrogens is 313 g/mol. The normalized spacial score (nSPS) is 10.6. The molecule has 0 unspecified atom stereocenters. The van der Waals surface area contributed by atoms with Crippen LogP contribution in [-0.4, -0.2) is 31.2 Å². The lowest BCUT2D eigenvalue weighted by molar-refractivity contribution is 0.194. The summed E-state index contributed by atoms with van der Waals surface area (Å²) in [5.41, 5.74) is 3.35. The number of carboxylic acid groups (broad SMARTS) is 1. The molecule has 0 spiro atoms. The van der Waals surface area contributed by atoms with Crippen molar-refractivity contribution in [1.29, 1.82) is 0 Å². The van der Waals surface area contributed by atoms with Crippen LogP contribution in [0.1, 0.15) is 5.69 Å². The number of nitrogens with one attached hydrogen (secondary N) is 1. The third-order valence-electron chi connectivity index (χ3n) is 3.43.